The molecule has 0 spiro atoms. The summed E-state index contributed by atoms with van der Waals surface area (Å²) in [6.07, 6.45) is 0.0438. The minimum absolute atomic E-state index is 0.0306. The first kappa shape index (κ1) is 13.0. The van der Waals surface area contributed by atoms with Crippen molar-refractivity contribution < 1.29 is 19.4 Å². The average molecular weight is 295 g/mol. The SMILES string of the molecule is O=C(O)c1cc(-c2ccc(OC3COC3)c(Cl)c2)n[nH]1. The van der Waals surface area contributed by atoms with Crippen LogP contribution in [0.2, 0.25) is 5.02 Å². The van der Waals surface area contributed by atoms with Crippen LogP contribution < -0.4 is 4.74 Å². The van der Waals surface area contributed by atoms with E-state index in [1.54, 1.807) is 18.2 Å². The van der Waals surface area contributed by atoms with E-state index < -0.39 is 5.97 Å². The molecule has 104 valence electrons. The predicted molar refractivity (Wildman–Crippen MR) is 71.2 cm³/mol. The topological polar surface area (TPSA) is 84.4 Å². The molecule has 0 aliphatic carbocycles. The molecule has 2 N–H and O–H groups in total. The Kier molecular flexibility index (Phi) is 3.33. The molecule has 3 rings (SSSR count). The fourth-order valence-electron chi connectivity index (χ4n) is 1.80. The van der Waals surface area contributed by atoms with Crippen molar-refractivity contribution in [1.82, 2.24) is 10.2 Å². The highest BCUT2D eigenvalue weighted by Crippen LogP contribution is 2.31. The summed E-state index contributed by atoms with van der Waals surface area (Å²) in [5.41, 5.74) is 1.27. The van der Waals surface area contributed by atoms with Crippen molar-refractivity contribution in [3.05, 3.63) is 35.0 Å². The van der Waals surface area contributed by atoms with E-state index in [2.05, 4.69) is 10.2 Å². The van der Waals surface area contributed by atoms with Crippen molar-refractivity contribution in [1.29, 1.82) is 0 Å². The maximum atomic E-state index is 10.8. The van der Waals surface area contributed by atoms with Gasteiger partial charge in [0.25, 0.3) is 0 Å². The normalized spacial score (nSPS) is 14.8. The number of carboxylic acids is 1. The van der Waals surface area contributed by atoms with E-state index in [0.29, 0.717) is 29.7 Å². The second-order valence-corrected chi connectivity index (χ2v) is 4.80. The maximum Gasteiger partial charge on any atom is 0.353 e. The van der Waals surface area contributed by atoms with E-state index in [0.717, 1.165) is 5.56 Å². The zero-order valence-corrected chi connectivity index (χ0v) is 11.1. The molecule has 7 heteroatoms. The standard InChI is InChI=1S/C13H11ClN2O4/c14-9-3-7(10-4-11(13(17)18)16-15-10)1-2-12(9)20-8-5-19-6-8/h1-4,8H,5-6H2,(H,15,16)(H,17,18). The molecule has 1 aromatic heterocycles. The van der Waals surface area contributed by atoms with E-state index in [1.165, 1.54) is 6.07 Å². The molecule has 1 saturated heterocycles. The third-order valence-corrected chi connectivity index (χ3v) is 3.23. The lowest BCUT2D eigenvalue weighted by Crippen LogP contribution is -2.38. The van der Waals surface area contributed by atoms with Crippen LogP contribution in [-0.4, -0.2) is 40.6 Å². The quantitative estimate of drug-likeness (QED) is 0.903. The summed E-state index contributed by atoms with van der Waals surface area (Å²) in [4.78, 5) is 10.8. The van der Waals surface area contributed by atoms with E-state index in [9.17, 15) is 4.79 Å². The van der Waals surface area contributed by atoms with Gasteiger partial charge in [0.1, 0.15) is 17.5 Å². The van der Waals surface area contributed by atoms with Crippen molar-refractivity contribution >= 4 is 17.6 Å². The van der Waals surface area contributed by atoms with Gasteiger partial charge in [-0.1, -0.05) is 11.6 Å². The van der Waals surface area contributed by atoms with Crippen LogP contribution >= 0.6 is 11.6 Å². The minimum Gasteiger partial charge on any atom is -0.484 e. The molecule has 0 bridgehead atoms. The molecule has 1 aliphatic rings. The zero-order chi connectivity index (χ0) is 14.1. The van der Waals surface area contributed by atoms with E-state index >= 15 is 0 Å². The fraction of sp³-hybridized carbons (Fsp3) is 0.231. The maximum absolute atomic E-state index is 10.8. The molecule has 0 amide bonds. The number of benzene rings is 1. The molecular weight excluding hydrogens is 284 g/mol. The van der Waals surface area contributed by atoms with Crippen LogP contribution in [0.5, 0.6) is 5.75 Å². The predicted octanol–water partition coefficient (Wildman–Crippen LogP) is 2.21. The largest absolute Gasteiger partial charge is 0.484 e. The van der Waals surface area contributed by atoms with Crippen molar-refractivity contribution in [2.75, 3.05) is 13.2 Å². The van der Waals surface area contributed by atoms with Gasteiger partial charge < -0.3 is 14.6 Å². The molecule has 0 unspecified atom stereocenters. The van der Waals surface area contributed by atoms with E-state index in [-0.39, 0.29) is 11.8 Å². The van der Waals surface area contributed by atoms with Gasteiger partial charge >= 0.3 is 5.97 Å². The minimum atomic E-state index is -1.06. The Morgan fingerprint density at radius 2 is 2.25 bits per heavy atom. The fourth-order valence-corrected chi connectivity index (χ4v) is 2.02. The highest BCUT2D eigenvalue weighted by atomic mass is 35.5. The molecule has 2 heterocycles. The molecular formula is C13H11ClN2O4. The number of carbonyl (C=O) groups is 1. The molecule has 1 aliphatic heterocycles. The van der Waals surface area contributed by atoms with Crippen molar-refractivity contribution in [2.45, 2.75) is 6.10 Å². The van der Waals surface area contributed by atoms with Crippen LogP contribution in [0.1, 0.15) is 10.5 Å². The van der Waals surface area contributed by atoms with Gasteiger partial charge in [-0.15, -0.1) is 0 Å². The summed E-state index contributed by atoms with van der Waals surface area (Å²) in [5.74, 6) is -0.475. The number of nitrogens with one attached hydrogen (secondary N) is 1. The summed E-state index contributed by atoms with van der Waals surface area (Å²) in [5, 5.41) is 15.7. The average Bonchev–Trinajstić information content (AvgIpc) is 2.84. The van der Waals surface area contributed by atoms with Crippen LogP contribution in [0, 0.1) is 0 Å². The van der Waals surface area contributed by atoms with Gasteiger partial charge in [0, 0.05) is 5.56 Å². The number of hydrogen-bond acceptors (Lipinski definition) is 4. The Hall–Kier alpha value is -2.05. The molecule has 1 aromatic carbocycles. The van der Waals surface area contributed by atoms with Gasteiger partial charge in [-0.05, 0) is 24.3 Å². The van der Waals surface area contributed by atoms with Gasteiger partial charge in [-0.25, -0.2) is 4.79 Å². The summed E-state index contributed by atoms with van der Waals surface area (Å²) in [6, 6.07) is 6.67. The first-order chi connectivity index (χ1) is 9.63. The molecule has 0 radical (unpaired) electrons. The number of carboxylic acid groups (broad SMARTS) is 1. The lowest BCUT2D eigenvalue weighted by atomic mass is 10.1. The Balaban J connectivity index is 1.83. The Morgan fingerprint density at radius 1 is 1.45 bits per heavy atom. The third kappa shape index (κ3) is 2.48. The molecule has 1 fully saturated rings. The first-order valence-electron chi connectivity index (χ1n) is 5.96. The molecule has 0 saturated carbocycles. The second-order valence-electron chi connectivity index (χ2n) is 4.39. The smallest absolute Gasteiger partial charge is 0.353 e. The van der Waals surface area contributed by atoms with Gasteiger partial charge in [0.2, 0.25) is 0 Å². The zero-order valence-electron chi connectivity index (χ0n) is 10.3. The summed E-state index contributed by atoms with van der Waals surface area (Å²) in [6.45, 7) is 1.14. The van der Waals surface area contributed by atoms with E-state index in [1.807, 2.05) is 0 Å². The third-order valence-electron chi connectivity index (χ3n) is 2.94. The Labute approximate surface area is 119 Å². The lowest BCUT2D eigenvalue weighted by molar-refractivity contribution is -0.0796. The highest BCUT2D eigenvalue weighted by Gasteiger charge is 2.21. The summed E-state index contributed by atoms with van der Waals surface area (Å²) in [7, 11) is 0. The number of hydrogen-bond donors (Lipinski definition) is 2. The van der Waals surface area contributed by atoms with Gasteiger partial charge in [0.15, 0.2) is 0 Å². The number of rotatable bonds is 4. The van der Waals surface area contributed by atoms with Crippen molar-refractivity contribution in [2.24, 2.45) is 0 Å². The highest BCUT2D eigenvalue weighted by molar-refractivity contribution is 6.32. The number of aromatic carboxylic acids is 1. The van der Waals surface area contributed by atoms with Crippen LogP contribution in [-0.2, 0) is 4.74 Å². The number of ether oxygens (including phenoxy) is 2. The van der Waals surface area contributed by atoms with Gasteiger partial charge in [0.05, 0.1) is 23.9 Å². The molecule has 0 atom stereocenters. The second kappa shape index (κ2) is 5.15. The summed E-state index contributed by atoms with van der Waals surface area (Å²) >= 11 is 6.15. The van der Waals surface area contributed by atoms with Crippen molar-refractivity contribution in [3.63, 3.8) is 0 Å². The van der Waals surface area contributed by atoms with Crippen LogP contribution in [0.15, 0.2) is 24.3 Å². The lowest BCUT2D eigenvalue weighted by Gasteiger charge is -2.27. The number of aromatic amines is 1. The summed E-state index contributed by atoms with van der Waals surface area (Å²) < 4.78 is 10.7. The van der Waals surface area contributed by atoms with Gasteiger partial charge in [-0.3, -0.25) is 5.10 Å². The Morgan fingerprint density at radius 3 is 2.80 bits per heavy atom. The number of aromatic nitrogens is 2. The van der Waals surface area contributed by atoms with Gasteiger partial charge in [-0.2, -0.15) is 5.10 Å². The molecule has 6 nitrogen and oxygen atoms in total. The molecule has 20 heavy (non-hydrogen) atoms. The molecule has 2 aromatic rings. The van der Waals surface area contributed by atoms with Crippen LogP contribution in [0.3, 0.4) is 0 Å². The monoisotopic (exact) mass is 294 g/mol. The van der Waals surface area contributed by atoms with Crippen LogP contribution in [0.4, 0.5) is 0 Å². The number of halogens is 1. The number of nitrogens with zero attached hydrogens (tertiary/aromatic N) is 1. The Bertz CT molecular complexity index is 652. The first-order valence-corrected chi connectivity index (χ1v) is 6.34. The number of H-pyrrole nitrogens is 1. The van der Waals surface area contributed by atoms with Crippen molar-refractivity contribution in [3.8, 4) is 17.0 Å². The van der Waals surface area contributed by atoms with Crippen LogP contribution in [0.25, 0.3) is 11.3 Å². The van der Waals surface area contributed by atoms with E-state index in [4.69, 9.17) is 26.2 Å².